The van der Waals surface area contributed by atoms with Gasteiger partial charge in [0.15, 0.2) is 0 Å². The first-order valence-electron chi connectivity index (χ1n) is 9.91. The van der Waals surface area contributed by atoms with Crippen molar-refractivity contribution in [2.45, 2.75) is 25.5 Å². The second-order valence-electron chi connectivity index (χ2n) is 7.36. The quantitative estimate of drug-likeness (QED) is 0.624. The summed E-state index contributed by atoms with van der Waals surface area (Å²) in [6.07, 6.45) is 4.42. The summed E-state index contributed by atoms with van der Waals surface area (Å²) < 4.78 is 27.4. The molecule has 29 heavy (non-hydrogen) atoms. The average Bonchev–Trinajstić information content (AvgIpc) is 3.17. The maximum atomic E-state index is 14.8. The maximum absolute atomic E-state index is 14.8. The highest BCUT2D eigenvalue weighted by Gasteiger charge is 2.23. The zero-order valence-corrected chi connectivity index (χ0v) is 16.8. The summed E-state index contributed by atoms with van der Waals surface area (Å²) >= 11 is 0. The summed E-state index contributed by atoms with van der Waals surface area (Å²) in [5.41, 5.74) is 3.08. The van der Waals surface area contributed by atoms with Crippen LogP contribution in [0.2, 0.25) is 0 Å². The van der Waals surface area contributed by atoms with Crippen molar-refractivity contribution in [3.05, 3.63) is 66.1 Å². The summed E-state index contributed by atoms with van der Waals surface area (Å²) in [4.78, 5) is 2.36. The Bertz CT molecular complexity index is 958. The first kappa shape index (κ1) is 19.6. The number of hydrogen-bond acceptors (Lipinski definition) is 4. The molecule has 2 heterocycles. The molecule has 0 saturated carbocycles. The number of hydrogen-bond donors (Lipinski definition) is 0. The number of piperidine rings is 1. The Hall–Kier alpha value is -2.70. The van der Waals surface area contributed by atoms with Crippen LogP contribution in [0.1, 0.15) is 18.4 Å². The second-order valence-corrected chi connectivity index (χ2v) is 7.36. The molecule has 0 unspecified atom stereocenters. The molecule has 0 bridgehead atoms. The minimum atomic E-state index is -0.336. The highest BCUT2D eigenvalue weighted by molar-refractivity contribution is 5.65. The lowest BCUT2D eigenvalue weighted by Crippen LogP contribution is -2.38. The van der Waals surface area contributed by atoms with Gasteiger partial charge in [-0.25, -0.2) is 9.07 Å². The minimum absolute atomic E-state index is 0.245. The molecule has 4 rings (SSSR count). The Kier molecular flexibility index (Phi) is 5.92. The highest BCUT2D eigenvalue weighted by Crippen LogP contribution is 2.30. The number of likely N-dealkylation sites (tertiary alicyclic amines) is 1. The standard InChI is InChI=1S/C23H26FN3O2/c1-28-19-10-11-21(22(24)13-19)23-17(14-26-12-6-9-20(16-26)29-2)15-27(25-23)18-7-4-3-5-8-18/h3-5,7-8,10-11,13,15,20H,6,9,12,14,16H2,1-2H3/t20-/m1/s1. The molecule has 1 atom stereocenters. The zero-order chi connectivity index (χ0) is 20.2. The van der Waals surface area contributed by atoms with Crippen molar-refractivity contribution in [3.63, 3.8) is 0 Å². The summed E-state index contributed by atoms with van der Waals surface area (Å²) in [6, 6.07) is 14.8. The van der Waals surface area contributed by atoms with Gasteiger partial charge in [-0.3, -0.25) is 4.90 Å². The molecule has 0 spiro atoms. The van der Waals surface area contributed by atoms with Crippen molar-refractivity contribution in [1.29, 1.82) is 0 Å². The van der Waals surface area contributed by atoms with Gasteiger partial charge in [0.25, 0.3) is 0 Å². The predicted octanol–water partition coefficient (Wildman–Crippen LogP) is 4.30. The lowest BCUT2D eigenvalue weighted by atomic mass is 10.0. The van der Waals surface area contributed by atoms with Crippen molar-refractivity contribution in [3.8, 4) is 22.7 Å². The van der Waals surface area contributed by atoms with Crippen LogP contribution in [-0.2, 0) is 11.3 Å². The van der Waals surface area contributed by atoms with Gasteiger partial charge in [-0.05, 0) is 43.7 Å². The third-order valence-electron chi connectivity index (χ3n) is 5.43. The molecule has 1 aromatic heterocycles. The van der Waals surface area contributed by atoms with Gasteiger partial charge in [0.1, 0.15) is 17.3 Å². The van der Waals surface area contributed by atoms with E-state index in [1.807, 2.05) is 41.2 Å². The molecule has 6 heteroatoms. The lowest BCUT2D eigenvalue weighted by molar-refractivity contribution is 0.0286. The molecule has 1 aliphatic rings. The van der Waals surface area contributed by atoms with Crippen LogP contribution in [0, 0.1) is 5.82 Å². The normalized spacial score (nSPS) is 17.4. The Morgan fingerprint density at radius 3 is 2.69 bits per heavy atom. The number of para-hydroxylation sites is 1. The van der Waals surface area contributed by atoms with Crippen LogP contribution in [0.3, 0.4) is 0 Å². The van der Waals surface area contributed by atoms with Crippen LogP contribution in [-0.4, -0.2) is 48.1 Å². The number of benzene rings is 2. The van der Waals surface area contributed by atoms with Crippen LogP contribution in [0.15, 0.2) is 54.7 Å². The first-order valence-corrected chi connectivity index (χ1v) is 9.91. The molecule has 0 amide bonds. The molecule has 152 valence electrons. The first-order chi connectivity index (χ1) is 14.2. The number of nitrogens with zero attached hydrogens (tertiary/aromatic N) is 3. The largest absolute Gasteiger partial charge is 0.497 e. The summed E-state index contributed by atoms with van der Waals surface area (Å²) in [6.45, 7) is 2.58. The van der Waals surface area contributed by atoms with Gasteiger partial charge >= 0.3 is 0 Å². The van der Waals surface area contributed by atoms with Gasteiger partial charge in [-0.2, -0.15) is 5.10 Å². The van der Waals surface area contributed by atoms with Crippen molar-refractivity contribution in [1.82, 2.24) is 14.7 Å². The third kappa shape index (κ3) is 4.33. The molecular formula is C23H26FN3O2. The predicted molar refractivity (Wildman–Crippen MR) is 111 cm³/mol. The fourth-order valence-electron chi connectivity index (χ4n) is 3.87. The molecule has 0 aliphatic carbocycles. The van der Waals surface area contributed by atoms with E-state index in [1.54, 1.807) is 19.2 Å². The molecule has 0 N–H and O–H groups in total. The van der Waals surface area contributed by atoms with Gasteiger partial charge in [0.05, 0.1) is 18.9 Å². The Morgan fingerprint density at radius 2 is 1.97 bits per heavy atom. The van der Waals surface area contributed by atoms with E-state index in [-0.39, 0.29) is 11.9 Å². The van der Waals surface area contributed by atoms with Gasteiger partial charge in [0.2, 0.25) is 0 Å². The molecule has 0 radical (unpaired) electrons. The molecule has 2 aromatic carbocycles. The minimum Gasteiger partial charge on any atom is -0.497 e. The van der Waals surface area contributed by atoms with Crippen LogP contribution < -0.4 is 4.74 Å². The van der Waals surface area contributed by atoms with E-state index in [0.717, 1.165) is 37.2 Å². The van der Waals surface area contributed by atoms with Gasteiger partial charge in [0, 0.05) is 43.6 Å². The fraction of sp³-hybridized carbons (Fsp3) is 0.348. The number of halogens is 1. The number of rotatable bonds is 6. The number of methoxy groups -OCH3 is 2. The Labute approximate surface area is 170 Å². The van der Waals surface area contributed by atoms with Gasteiger partial charge in [-0.15, -0.1) is 0 Å². The van der Waals surface area contributed by atoms with Crippen LogP contribution in [0.25, 0.3) is 16.9 Å². The fourth-order valence-corrected chi connectivity index (χ4v) is 3.87. The van der Waals surface area contributed by atoms with Crippen LogP contribution in [0.4, 0.5) is 4.39 Å². The van der Waals surface area contributed by atoms with Crippen molar-refractivity contribution in [2.24, 2.45) is 0 Å². The summed E-state index contributed by atoms with van der Waals surface area (Å²) in [7, 11) is 3.30. The summed E-state index contributed by atoms with van der Waals surface area (Å²) in [5.74, 6) is 0.159. The molecule has 5 nitrogen and oxygen atoms in total. The third-order valence-corrected chi connectivity index (χ3v) is 5.43. The number of ether oxygens (including phenoxy) is 2. The van der Waals surface area contributed by atoms with Gasteiger partial charge in [-0.1, -0.05) is 18.2 Å². The SMILES string of the molecule is COc1ccc(-c2nn(-c3ccccc3)cc2CN2CCC[C@@H](OC)C2)c(F)c1. The average molecular weight is 395 g/mol. The van der Waals surface area contributed by atoms with Crippen molar-refractivity contribution >= 4 is 0 Å². The monoisotopic (exact) mass is 395 g/mol. The topological polar surface area (TPSA) is 39.5 Å². The second kappa shape index (κ2) is 8.76. The van der Waals surface area contributed by atoms with E-state index in [4.69, 9.17) is 14.6 Å². The van der Waals surface area contributed by atoms with E-state index in [9.17, 15) is 4.39 Å². The molecule has 3 aromatic rings. The Morgan fingerprint density at radius 1 is 1.14 bits per heavy atom. The zero-order valence-electron chi connectivity index (χ0n) is 16.8. The smallest absolute Gasteiger partial charge is 0.136 e. The van der Waals surface area contributed by atoms with E-state index < -0.39 is 0 Å². The lowest BCUT2D eigenvalue weighted by Gasteiger charge is -2.31. The highest BCUT2D eigenvalue weighted by atomic mass is 19.1. The maximum Gasteiger partial charge on any atom is 0.136 e. The molecular weight excluding hydrogens is 369 g/mol. The van der Waals surface area contributed by atoms with E-state index in [0.29, 0.717) is 23.6 Å². The van der Waals surface area contributed by atoms with Gasteiger partial charge < -0.3 is 9.47 Å². The van der Waals surface area contributed by atoms with Crippen molar-refractivity contribution in [2.75, 3.05) is 27.3 Å². The van der Waals surface area contributed by atoms with E-state index >= 15 is 0 Å². The Balaban J connectivity index is 1.71. The number of aromatic nitrogens is 2. The van der Waals surface area contributed by atoms with Crippen molar-refractivity contribution < 1.29 is 13.9 Å². The van der Waals surface area contributed by atoms with E-state index in [2.05, 4.69) is 4.90 Å². The molecule has 1 saturated heterocycles. The molecule has 1 aliphatic heterocycles. The molecule has 1 fully saturated rings. The summed E-state index contributed by atoms with van der Waals surface area (Å²) in [5, 5.41) is 4.75. The van der Waals surface area contributed by atoms with E-state index in [1.165, 1.54) is 13.2 Å². The van der Waals surface area contributed by atoms with Crippen LogP contribution in [0.5, 0.6) is 5.75 Å². The van der Waals surface area contributed by atoms with Crippen LogP contribution >= 0.6 is 0 Å².